The molecule has 0 atom stereocenters. The lowest BCUT2D eigenvalue weighted by molar-refractivity contribution is -0.301. The molecule has 4 nitrogen and oxygen atoms in total. The van der Waals surface area contributed by atoms with Crippen molar-refractivity contribution in [3.63, 3.8) is 0 Å². The Morgan fingerprint density at radius 2 is 0.639 bits per heavy atom. The molecule has 0 spiro atoms. The number of carbonyl (C=O) groups excluding carboxylic acids is 2. The molecule has 0 aliphatic carbocycles. The van der Waals surface area contributed by atoms with Gasteiger partial charge in [-0.15, -0.1) is 0 Å². The van der Waals surface area contributed by atoms with Crippen molar-refractivity contribution in [3.05, 3.63) is 12.2 Å². The summed E-state index contributed by atoms with van der Waals surface area (Å²) in [4.78, 5) is 18.8. The highest BCUT2D eigenvalue weighted by atomic mass is 31.2. The van der Waals surface area contributed by atoms with Gasteiger partial charge in [0.25, 0.3) is 0 Å². The van der Waals surface area contributed by atoms with Gasteiger partial charge in [-0.2, -0.15) is 0 Å². The minimum Gasteiger partial charge on any atom is -0.545 e. The van der Waals surface area contributed by atoms with Crippen molar-refractivity contribution in [2.75, 3.05) is 50.3 Å². The second-order valence-electron chi connectivity index (χ2n) is 10.7. The summed E-state index contributed by atoms with van der Waals surface area (Å²) in [6.07, 6.45) is 27.2. The van der Waals surface area contributed by atoms with Crippen LogP contribution in [0.15, 0.2) is 12.2 Å². The average molecular weight is 549 g/mol. The first-order chi connectivity index (χ1) is 17.0. The van der Waals surface area contributed by atoms with Gasteiger partial charge in [-0.3, -0.25) is 0 Å². The Morgan fingerprint density at radius 1 is 0.472 bits per heavy atom. The van der Waals surface area contributed by atoms with Crippen LogP contribution >= 0.6 is 14.5 Å². The van der Waals surface area contributed by atoms with Gasteiger partial charge < -0.3 is 19.8 Å². The molecule has 0 saturated heterocycles. The molecule has 0 fully saturated rings. The van der Waals surface area contributed by atoms with Crippen LogP contribution in [0.1, 0.15) is 119 Å². The Balaban J connectivity index is -0.000000472. The monoisotopic (exact) mass is 548 g/mol. The molecular formula is C30H62O4P2. The third-order valence-electron chi connectivity index (χ3n) is 6.66. The molecular weight excluding hydrogens is 486 g/mol. The Kier molecular flexibility index (Phi) is 30.7. The number of hydrogen-bond donors (Lipinski definition) is 0. The minimum absolute atomic E-state index is 0.384. The van der Waals surface area contributed by atoms with E-state index in [-0.39, 0.29) is 0 Å². The molecule has 0 amide bonds. The predicted molar refractivity (Wildman–Crippen MR) is 163 cm³/mol. The maximum atomic E-state index is 9.41. The number of carboxylic acid groups (broad SMARTS) is 2. The van der Waals surface area contributed by atoms with E-state index in [0.717, 1.165) is 0 Å². The number of carbonyl (C=O) groups is 2. The van der Waals surface area contributed by atoms with Crippen LogP contribution in [0.25, 0.3) is 0 Å². The lowest BCUT2D eigenvalue weighted by Crippen LogP contribution is -2.23. The minimum atomic E-state index is -1.55. The Labute approximate surface area is 227 Å². The van der Waals surface area contributed by atoms with E-state index in [1.807, 2.05) is 0 Å². The summed E-state index contributed by atoms with van der Waals surface area (Å²) in [5, 5.41) is 18.8. The lowest BCUT2D eigenvalue weighted by atomic mass is 10.4. The average Bonchev–Trinajstić information content (AvgIpc) is 2.86. The van der Waals surface area contributed by atoms with E-state index < -0.39 is 26.5 Å². The number of aliphatic carboxylic acids is 2. The van der Waals surface area contributed by atoms with Crippen molar-refractivity contribution in [2.24, 2.45) is 0 Å². The van der Waals surface area contributed by atoms with E-state index >= 15 is 0 Å². The summed E-state index contributed by atoms with van der Waals surface area (Å²) in [7, 11) is -1.04. The summed E-state index contributed by atoms with van der Waals surface area (Å²) in [5.74, 6) is -3.09. The molecule has 0 unspecified atom stereocenters. The van der Waals surface area contributed by atoms with Crippen LogP contribution in [-0.4, -0.2) is 62.2 Å². The van der Waals surface area contributed by atoms with Crippen LogP contribution in [0.3, 0.4) is 0 Å². The van der Waals surface area contributed by atoms with Gasteiger partial charge in [0.1, 0.15) is 0 Å². The summed E-state index contributed by atoms with van der Waals surface area (Å²) in [6, 6.07) is 0. The SMILES string of the molecule is CCCC[P+](C)(CCCC)CCCC.CCCC[P+](C)(CCCC)CCCC.O=C([O-])/C=C\C(=O)[O-]. The van der Waals surface area contributed by atoms with Crippen LogP contribution in [0.5, 0.6) is 0 Å². The molecule has 0 heterocycles. The van der Waals surface area contributed by atoms with Gasteiger partial charge in [0.2, 0.25) is 0 Å². The molecule has 0 aliphatic heterocycles. The van der Waals surface area contributed by atoms with Gasteiger partial charge in [0, 0.05) is 27.9 Å². The molecule has 0 bridgehead atoms. The Bertz CT molecular complexity index is 445. The van der Waals surface area contributed by atoms with Crippen molar-refractivity contribution in [2.45, 2.75) is 119 Å². The first kappa shape index (κ1) is 40.0. The molecule has 0 N–H and O–H groups in total. The Hall–Kier alpha value is -0.460. The molecule has 0 aromatic heterocycles. The zero-order valence-electron chi connectivity index (χ0n) is 25.4. The molecule has 0 aliphatic rings. The van der Waals surface area contributed by atoms with E-state index in [1.165, 1.54) is 77.0 Å². The maximum absolute atomic E-state index is 9.41. The third-order valence-corrected chi connectivity index (χ3v) is 15.0. The highest BCUT2D eigenvalue weighted by molar-refractivity contribution is 7.75. The number of carboxylic acids is 2. The van der Waals surface area contributed by atoms with E-state index in [2.05, 4.69) is 54.9 Å². The fraction of sp³-hybridized carbons (Fsp3) is 0.867. The highest BCUT2D eigenvalue weighted by Crippen LogP contribution is 2.57. The first-order valence-corrected chi connectivity index (χ1v) is 20.3. The van der Waals surface area contributed by atoms with Crippen LogP contribution in [-0.2, 0) is 9.59 Å². The van der Waals surface area contributed by atoms with Crippen molar-refractivity contribution >= 4 is 26.5 Å². The highest BCUT2D eigenvalue weighted by Gasteiger charge is 2.29. The van der Waals surface area contributed by atoms with Crippen molar-refractivity contribution < 1.29 is 19.8 Å². The fourth-order valence-corrected chi connectivity index (χ4v) is 11.9. The van der Waals surface area contributed by atoms with E-state index in [0.29, 0.717) is 12.2 Å². The standard InChI is InChI=1S/2C13H30P.C4H4O4/c2*1-5-8-11-14(4,12-9-6-2)13-10-7-3;5-3(6)1-2-4(7)8/h2*5-13H2,1-4H3;1-2H,(H,5,6)(H,7,8)/q2*+1;/p-2/b;;2-1-. The number of unbranched alkanes of at least 4 members (excludes halogenated alkanes) is 6. The van der Waals surface area contributed by atoms with Crippen LogP contribution in [0.4, 0.5) is 0 Å². The molecule has 216 valence electrons. The second-order valence-corrected chi connectivity index (χ2v) is 19.8. The first-order valence-electron chi connectivity index (χ1n) is 14.8. The Morgan fingerprint density at radius 3 is 0.750 bits per heavy atom. The quantitative estimate of drug-likeness (QED) is 0.120. The van der Waals surface area contributed by atoms with Crippen LogP contribution < -0.4 is 10.2 Å². The van der Waals surface area contributed by atoms with Crippen molar-refractivity contribution in [1.82, 2.24) is 0 Å². The third kappa shape index (κ3) is 29.8. The van der Waals surface area contributed by atoms with Crippen molar-refractivity contribution in [1.29, 1.82) is 0 Å². The molecule has 0 saturated carbocycles. The second kappa shape index (κ2) is 27.6. The molecule has 0 aromatic rings. The van der Waals surface area contributed by atoms with Crippen LogP contribution in [0, 0.1) is 0 Å². The van der Waals surface area contributed by atoms with Gasteiger partial charge in [-0.1, -0.05) is 80.1 Å². The van der Waals surface area contributed by atoms with Gasteiger partial charge >= 0.3 is 0 Å². The zero-order valence-corrected chi connectivity index (χ0v) is 27.2. The zero-order chi connectivity index (χ0) is 28.3. The van der Waals surface area contributed by atoms with E-state index in [1.54, 1.807) is 37.0 Å². The smallest absolute Gasteiger partial charge is 0.0643 e. The molecule has 36 heavy (non-hydrogen) atoms. The molecule has 0 radical (unpaired) electrons. The predicted octanol–water partition coefficient (Wildman–Crippen LogP) is 7.11. The number of hydrogen-bond acceptors (Lipinski definition) is 4. The molecule has 6 heteroatoms. The largest absolute Gasteiger partial charge is 0.545 e. The molecule has 0 rings (SSSR count). The van der Waals surface area contributed by atoms with Gasteiger partial charge in [-0.05, 0) is 50.7 Å². The maximum Gasteiger partial charge on any atom is 0.0643 e. The lowest BCUT2D eigenvalue weighted by Gasteiger charge is -2.22. The summed E-state index contributed by atoms with van der Waals surface area (Å²) in [6.45, 7) is 19.2. The normalized spacial score (nSPS) is 11.4. The summed E-state index contributed by atoms with van der Waals surface area (Å²) >= 11 is 0. The van der Waals surface area contributed by atoms with Crippen LogP contribution in [0.2, 0.25) is 0 Å². The van der Waals surface area contributed by atoms with Gasteiger partial charge in [-0.25, -0.2) is 0 Å². The fourth-order valence-electron chi connectivity index (χ4n) is 4.05. The topological polar surface area (TPSA) is 80.3 Å². The number of rotatable bonds is 20. The van der Waals surface area contributed by atoms with Gasteiger partial charge in [0.05, 0.1) is 48.9 Å². The summed E-state index contributed by atoms with van der Waals surface area (Å²) in [5.41, 5.74) is 0. The van der Waals surface area contributed by atoms with E-state index in [4.69, 9.17) is 0 Å². The van der Waals surface area contributed by atoms with Crippen molar-refractivity contribution in [3.8, 4) is 0 Å². The molecule has 0 aromatic carbocycles. The van der Waals surface area contributed by atoms with Gasteiger partial charge in [0.15, 0.2) is 0 Å². The van der Waals surface area contributed by atoms with E-state index in [9.17, 15) is 19.8 Å². The summed E-state index contributed by atoms with van der Waals surface area (Å²) < 4.78 is 0.